The summed E-state index contributed by atoms with van der Waals surface area (Å²) < 4.78 is 35.3. The van der Waals surface area contributed by atoms with E-state index < -0.39 is 28.5 Å². The third-order valence-electron chi connectivity index (χ3n) is 7.13. The topological polar surface area (TPSA) is 96.0 Å². The van der Waals surface area contributed by atoms with Crippen molar-refractivity contribution in [1.29, 1.82) is 0 Å². The number of halogens is 2. The summed E-state index contributed by atoms with van der Waals surface area (Å²) in [6, 6.07) is 28.1. The van der Waals surface area contributed by atoms with Crippen LogP contribution in [0.5, 0.6) is 5.75 Å². The molecule has 0 fully saturated rings. The van der Waals surface area contributed by atoms with E-state index in [4.69, 9.17) is 16.3 Å². The molecule has 45 heavy (non-hydrogen) atoms. The Morgan fingerprint density at radius 1 is 0.889 bits per heavy atom. The highest BCUT2D eigenvalue weighted by molar-refractivity contribution is 9.10. The molecule has 236 valence electrons. The lowest BCUT2D eigenvalue weighted by atomic mass is 10.0. The molecule has 0 radical (unpaired) electrons. The summed E-state index contributed by atoms with van der Waals surface area (Å²) in [5.74, 6) is -0.370. The van der Waals surface area contributed by atoms with Crippen LogP contribution in [0.15, 0.2) is 112 Å². The van der Waals surface area contributed by atoms with Gasteiger partial charge < -0.3 is 15.0 Å². The molecule has 0 aromatic heterocycles. The molecule has 4 rings (SSSR count). The number of ether oxygens (including phenoxy) is 1. The van der Waals surface area contributed by atoms with Crippen molar-refractivity contribution in [3.63, 3.8) is 0 Å². The fourth-order valence-electron chi connectivity index (χ4n) is 4.72. The van der Waals surface area contributed by atoms with Crippen molar-refractivity contribution in [1.82, 2.24) is 10.2 Å². The van der Waals surface area contributed by atoms with Gasteiger partial charge in [-0.15, -0.1) is 0 Å². The van der Waals surface area contributed by atoms with Gasteiger partial charge in [0.2, 0.25) is 11.8 Å². The smallest absolute Gasteiger partial charge is 0.264 e. The molecule has 1 N–H and O–H groups in total. The van der Waals surface area contributed by atoms with Crippen LogP contribution in [0, 0.1) is 0 Å². The second-order valence-corrected chi connectivity index (χ2v) is 13.5. The first-order valence-electron chi connectivity index (χ1n) is 14.4. The molecule has 0 aliphatic heterocycles. The standard InChI is InChI=1S/C34H35BrClN3O5S/c1-3-21-37-34(41)32(22-25-7-5-4-6-8-25)38(23-26-9-11-27(35)12-10-26)33(40)24-39(29-15-13-28(36)14-16-29)45(42,43)31-19-17-30(44-2)18-20-31/h4-20,32H,3,21-24H2,1-2H3,(H,37,41)/t32-/m0/s1. The number of carbonyl (C=O) groups is 2. The molecule has 11 heteroatoms. The van der Waals surface area contributed by atoms with E-state index in [-0.39, 0.29) is 29.5 Å². The highest BCUT2D eigenvalue weighted by atomic mass is 79.9. The Morgan fingerprint density at radius 3 is 2.13 bits per heavy atom. The molecule has 4 aromatic carbocycles. The van der Waals surface area contributed by atoms with E-state index in [1.807, 2.05) is 61.5 Å². The van der Waals surface area contributed by atoms with Gasteiger partial charge in [0, 0.05) is 29.0 Å². The largest absolute Gasteiger partial charge is 0.497 e. The highest BCUT2D eigenvalue weighted by Gasteiger charge is 2.34. The molecule has 0 spiro atoms. The van der Waals surface area contributed by atoms with Gasteiger partial charge in [0.05, 0.1) is 17.7 Å². The SMILES string of the molecule is CCCNC(=O)[C@H](Cc1ccccc1)N(Cc1ccc(Br)cc1)C(=O)CN(c1ccc(Cl)cc1)S(=O)(=O)c1ccc(OC)cc1. The monoisotopic (exact) mass is 711 g/mol. The minimum atomic E-state index is -4.24. The maximum absolute atomic E-state index is 14.4. The Hall–Kier alpha value is -3.86. The second kappa shape index (κ2) is 15.9. The number of nitrogens with one attached hydrogen (secondary N) is 1. The third kappa shape index (κ3) is 9.09. The zero-order valence-electron chi connectivity index (χ0n) is 25.0. The Balaban J connectivity index is 1.78. The quantitative estimate of drug-likeness (QED) is 0.162. The van der Waals surface area contributed by atoms with Crippen LogP contribution in [0.25, 0.3) is 0 Å². The molecular weight excluding hydrogens is 678 g/mol. The molecule has 0 saturated carbocycles. The minimum Gasteiger partial charge on any atom is -0.497 e. The predicted molar refractivity (Wildman–Crippen MR) is 181 cm³/mol. The first kappa shape index (κ1) is 34.0. The van der Waals surface area contributed by atoms with Crippen LogP contribution >= 0.6 is 27.5 Å². The Kier molecular flexibility index (Phi) is 12.0. The van der Waals surface area contributed by atoms with Crippen molar-refractivity contribution in [2.75, 3.05) is 24.5 Å². The van der Waals surface area contributed by atoms with Crippen molar-refractivity contribution in [2.24, 2.45) is 0 Å². The summed E-state index contributed by atoms with van der Waals surface area (Å²) in [4.78, 5) is 29.6. The number of sulfonamides is 1. The summed E-state index contributed by atoms with van der Waals surface area (Å²) in [5, 5.41) is 3.36. The number of anilines is 1. The fraction of sp³-hybridized carbons (Fsp3) is 0.235. The van der Waals surface area contributed by atoms with E-state index in [9.17, 15) is 18.0 Å². The molecule has 0 saturated heterocycles. The van der Waals surface area contributed by atoms with Gasteiger partial charge in [-0.2, -0.15) is 0 Å². The van der Waals surface area contributed by atoms with Gasteiger partial charge in [-0.1, -0.05) is 76.9 Å². The number of amides is 2. The fourth-order valence-corrected chi connectivity index (χ4v) is 6.52. The van der Waals surface area contributed by atoms with Crippen molar-refractivity contribution in [3.8, 4) is 5.75 Å². The maximum Gasteiger partial charge on any atom is 0.264 e. The van der Waals surface area contributed by atoms with Crippen molar-refractivity contribution >= 4 is 55.1 Å². The van der Waals surface area contributed by atoms with E-state index in [1.54, 1.807) is 36.4 Å². The molecular formula is C34H35BrClN3O5S. The lowest BCUT2D eigenvalue weighted by molar-refractivity contribution is -0.140. The summed E-state index contributed by atoms with van der Waals surface area (Å²) in [6.45, 7) is 1.91. The lowest BCUT2D eigenvalue weighted by Gasteiger charge is -2.34. The summed E-state index contributed by atoms with van der Waals surface area (Å²) in [5.41, 5.74) is 1.90. The first-order valence-corrected chi connectivity index (χ1v) is 17.0. The van der Waals surface area contributed by atoms with Crippen LogP contribution in [0.2, 0.25) is 5.02 Å². The van der Waals surface area contributed by atoms with Crippen LogP contribution in [0.3, 0.4) is 0 Å². The molecule has 0 unspecified atom stereocenters. The third-order valence-corrected chi connectivity index (χ3v) is 9.70. The van der Waals surface area contributed by atoms with Gasteiger partial charge in [0.25, 0.3) is 10.0 Å². The van der Waals surface area contributed by atoms with Crippen molar-refractivity contribution < 1.29 is 22.7 Å². The Morgan fingerprint density at radius 2 is 1.53 bits per heavy atom. The van der Waals surface area contributed by atoms with Crippen LogP contribution in [-0.2, 0) is 32.6 Å². The normalized spacial score (nSPS) is 11.8. The number of nitrogens with zero attached hydrogens (tertiary/aromatic N) is 2. The van der Waals surface area contributed by atoms with E-state index >= 15 is 0 Å². The van der Waals surface area contributed by atoms with Gasteiger partial charge in [-0.25, -0.2) is 8.42 Å². The summed E-state index contributed by atoms with van der Waals surface area (Å²) in [7, 11) is -2.75. The average Bonchev–Trinajstić information content (AvgIpc) is 3.05. The van der Waals surface area contributed by atoms with E-state index in [0.29, 0.717) is 17.3 Å². The molecule has 4 aromatic rings. The second-order valence-electron chi connectivity index (χ2n) is 10.3. The van der Waals surface area contributed by atoms with Crippen LogP contribution < -0.4 is 14.4 Å². The first-order chi connectivity index (χ1) is 21.6. The van der Waals surface area contributed by atoms with E-state index in [2.05, 4.69) is 21.2 Å². The molecule has 0 aliphatic carbocycles. The molecule has 0 bridgehead atoms. The van der Waals surface area contributed by atoms with Gasteiger partial charge in [-0.3, -0.25) is 13.9 Å². The van der Waals surface area contributed by atoms with Gasteiger partial charge in [0.15, 0.2) is 0 Å². The molecule has 0 heterocycles. The number of rotatable bonds is 14. The average molecular weight is 713 g/mol. The molecule has 8 nitrogen and oxygen atoms in total. The Labute approximate surface area is 278 Å². The van der Waals surface area contributed by atoms with Crippen LogP contribution in [-0.4, -0.2) is 51.4 Å². The van der Waals surface area contributed by atoms with Crippen LogP contribution in [0.4, 0.5) is 5.69 Å². The number of hydrogen-bond acceptors (Lipinski definition) is 5. The summed E-state index contributed by atoms with van der Waals surface area (Å²) >= 11 is 9.58. The number of methoxy groups -OCH3 is 1. The minimum absolute atomic E-state index is 0.0213. The molecule has 1 atom stereocenters. The number of hydrogen-bond donors (Lipinski definition) is 1. The number of benzene rings is 4. The summed E-state index contributed by atoms with van der Waals surface area (Å²) in [6.07, 6.45) is 0.958. The van der Waals surface area contributed by atoms with Gasteiger partial charge in [0.1, 0.15) is 18.3 Å². The van der Waals surface area contributed by atoms with Crippen molar-refractivity contribution in [2.45, 2.75) is 37.2 Å². The zero-order valence-corrected chi connectivity index (χ0v) is 28.2. The van der Waals surface area contributed by atoms with E-state index in [0.717, 1.165) is 26.3 Å². The zero-order chi connectivity index (χ0) is 32.4. The highest BCUT2D eigenvalue weighted by Crippen LogP contribution is 2.27. The van der Waals surface area contributed by atoms with Gasteiger partial charge in [-0.05, 0) is 78.2 Å². The number of carbonyl (C=O) groups excluding carboxylic acids is 2. The molecule has 2 amide bonds. The van der Waals surface area contributed by atoms with E-state index in [1.165, 1.54) is 24.1 Å². The lowest BCUT2D eigenvalue weighted by Crippen LogP contribution is -2.53. The predicted octanol–water partition coefficient (Wildman–Crippen LogP) is 6.47. The van der Waals surface area contributed by atoms with Crippen LogP contribution in [0.1, 0.15) is 24.5 Å². The maximum atomic E-state index is 14.4. The van der Waals surface area contributed by atoms with Gasteiger partial charge >= 0.3 is 0 Å². The Bertz CT molecular complexity index is 1670. The van der Waals surface area contributed by atoms with Crippen molar-refractivity contribution in [3.05, 3.63) is 124 Å². The molecule has 0 aliphatic rings.